The Morgan fingerprint density at radius 1 is 0.449 bits per heavy atom. The van der Waals surface area contributed by atoms with Crippen LogP contribution >= 0.6 is 0 Å². The van der Waals surface area contributed by atoms with E-state index in [-0.39, 0.29) is 5.41 Å². The second kappa shape index (κ2) is 11.1. The zero-order valence-electron chi connectivity index (χ0n) is 28.3. The number of hydrogen-bond donors (Lipinski definition) is 0. The van der Waals surface area contributed by atoms with Crippen LogP contribution in [0.15, 0.2) is 152 Å². The maximum Gasteiger partial charge on any atom is 0.152 e. The average Bonchev–Trinajstić information content (AvgIpc) is 3.35. The molecule has 0 N–H and O–H groups in total. The number of nitrogens with zero attached hydrogens (tertiary/aromatic N) is 1. The largest absolute Gasteiger partial charge is 0.453 e. The summed E-state index contributed by atoms with van der Waals surface area (Å²) in [5.74, 6) is 1.68. The van der Waals surface area contributed by atoms with Gasteiger partial charge in [-0.15, -0.1) is 0 Å². The summed E-state index contributed by atoms with van der Waals surface area (Å²) < 4.78 is 6.73. The van der Waals surface area contributed by atoms with Gasteiger partial charge in [0.2, 0.25) is 0 Å². The van der Waals surface area contributed by atoms with Crippen LogP contribution in [0.1, 0.15) is 36.1 Å². The Morgan fingerprint density at radius 2 is 1.00 bits per heavy atom. The molecule has 0 spiro atoms. The zero-order valence-corrected chi connectivity index (χ0v) is 28.3. The lowest BCUT2D eigenvalue weighted by atomic mass is 9.81. The minimum Gasteiger partial charge on any atom is -0.453 e. The van der Waals surface area contributed by atoms with Crippen molar-refractivity contribution in [2.45, 2.75) is 33.1 Å². The third-order valence-corrected chi connectivity index (χ3v) is 10.3. The molecule has 7 aromatic carbocycles. The van der Waals surface area contributed by atoms with Crippen LogP contribution in [-0.2, 0) is 5.41 Å². The van der Waals surface area contributed by atoms with E-state index in [1.165, 1.54) is 55.6 Å². The van der Waals surface area contributed by atoms with E-state index in [0.29, 0.717) is 0 Å². The molecule has 0 amide bonds. The quantitative estimate of drug-likeness (QED) is 0.192. The molecule has 0 radical (unpaired) electrons. The van der Waals surface area contributed by atoms with Gasteiger partial charge < -0.3 is 9.64 Å². The summed E-state index contributed by atoms with van der Waals surface area (Å²) in [6.45, 7) is 9.14. The van der Waals surface area contributed by atoms with E-state index >= 15 is 0 Å². The van der Waals surface area contributed by atoms with Crippen molar-refractivity contribution in [2.24, 2.45) is 0 Å². The average molecular weight is 632 g/mol. The number of benzene rings is 7. The first-order valence-corrected chi connectivity index (χ1v) is 17.1. The molecule has 236 valence electrons. The van der Waals surface area contributed by atoms with Crippen molar-refractivity contribution in [3.63, 3.8) is 0 Å². The van der Waals surface area contributed by atoms with E-state index in [1.807, 2.05) is 0 Å². The lowest BCUT2D eigenvalue weighted by Crippen LogP contribution is -2.16. The van der Waals surface area contributed by atoms with Crippen molar-refractivity contribution >= 4 is 17.1 Å². The highest BCUT2D eigenvalue weighted by Gasteiger charge is 2.37. The first-order valence-electron chi connectivity index (χ1n) is 17.1. The smallest absolute Gasteiger partial charge is 0.152 e. The Bertz CT molecular complexity index is 2300. The van der Waals surface area contributed by atoms with Crippen LogP contribution in [-0.4, -0.2) is 0 Å². The standard InChI is InChI=1S/C47H37NO/c1-30-15-22-38-40(26-30)47(3,4)41-27-31(2)25-39(46(38)41)34-16-20-37(21-17-34)48-42-23-18-35(32-11-7-5-8-12-32)28-44(42)49-45-29-36(19-24-43(45)48)33-13-9-6-10-14-33/h5-29H,1-4H3. The lowest BCUT2D eigenvalue weighted by Gasteiger charge is -2.33. The Kier molecular flexibility index (Phi) is 6.64. The highest BCUT2D eigenvalue weighted by atomic mass is 16.5. The fourth-order valence-electron chi connectivity index (χ4n) is 7.83. The highest BCUT2D eigenvalue weighted by molar-refractivity contribution is 5.94. The van der Waals surface area contributed by atoms with E-state index in [9.17, 15) is 0 Å². The van der Waals surface area contributed by atoms with Crippen molar-refractivity contribution < 1.29 is 4.74 Å². The summed E-state index contributed by atoms with van der Waals surface area (Å²) in [5.41, 5.74) is 18.3. The molecular weight excluding hydrogens is 595 g/mol. The van der Waals surface area contributed by atoms with Gasteiger partial charge in [0, 0.05) is 11.1 Å². The molecule has 0 fully saturated rings. The molecule has 7 aromatic rings. The SMILES string of the molecule is Cc1ccc2c(c1)C(C)(C)c1cc(C)cc(-c3ccc(N4c5ccc(-c6ccccc6)cc5Oc5cc(-c6ccccc6)ccc54)cc3)c1-2. The molecule has 1 heterocycles. The van der Waals surface area contributed by atoms with Crippen molar-refractivity contribution in [1.29, 1.82) is 0 Å². The predicted molar refractivity (Wildman–Crippen MR) is 205 cm³/mol. The monoisotopic (exact) mass is 631 g/mol. The van der Waals surface area contributed by atoms with Crippen molar-refractivity contribution in [1.82, 2.24) is 0 Å². The maximum atomic E-state index is 6.73. The summed E-state index contributed by atoms with van der Waals surface area (Å²) in [4.78, 5) is 2.34. The normalized spacial score (nSPS) is 13.6. The minimum atomic E-state index is -0.0458. The molecular formula is C47H37NO. The van der Waals surface area contributed by atoms with Gasteiger partial charge in [-0.3, -0.25) is 0 Å². The van der Waals surface area contributed by atoms with E-state index in [1.54, 1.807) is 0 Å². The van der Waals surface area contributed by atoms with Gasteiger partial charge in [-0.05, 0) is 106 Å². The van der Waals surface area contributed by atoms with Crippen LogP contribution in [0.3, 0.4) is 0 Å². The molecule has 0 saturated carbocycles. The Morgan fingerprint density at radius 3 is 1.59 bits per heavy atom. The molecule has 2 heteroatoms. The molecule has 0 atom stereocenters. The Hall–Kier alpha value is -5.86. The van der Waals surface area contributed by atoms with Gasteiger partial charge in [0.05, 0.1) is 11.4 Å². The molecule has 0 aromatic heterocycles. The Labute approximate surface area is 288 Å². The van der Waals surface area contributed by atoms with Crippen molar-refractivity contribution in [3.8, 4) is 56.0 Å². The molecule has 2 nitrogen and oxygen atoms in total. The summed E-state index contributed by atoms with van der Waals surface area (Å²) in [6.07, 6.45) is 0. The van der Waals surface area contributed by atoms with Gasteiger partial charge in [-0.1, -0.05) is 140 Å². The predicted octanol–water partition coefficient (Wildman–Crippen LogP) is 13.2. The van der Waals surface area contributed by atoms with Crippen molar-refractivity contribution in [2.75, 3.05) is 4.90 Å². The fraction of sp³-hybridized carbons (Fsp3) is 0.106. The topological polar surface area (TPSA) is 12.5 Å². The molecule has 0 unspecified atom stereocenters. The van der Waals surface area contributed by atoms with Crippen LogP contribution in [0.25, 0.3) is 44.5 Å². The number of aryl methyl sites for hydroxylation is 2. The van der Waals surface area contributed by atoms with E-state index < -0.39 is 0 Å². The molecule has 2 aliphatic rings. The second-order valence-corrected chi connectivity index (χ2v) is 14.0. The van der Waals surface area contributed by atoms with E-state index in [2.05, 4.69) is 184 Å². The number of hydrogen-bond acceptors (Lipinski definition) is 2. The number of fused-ring (bicyclic) bond motifs is 5. The van der Waals surface area contributed by atoms with Gasteiger partial charge in [-0.25, -0.2) is 0 Å². The summed E-state index contributed by atoms with van der Waals surface area (Å²) in [5, 5.41) is 0. The van der Waals surface area contributed by atoms with E-state index in [4.69, 9.17) is 4.74 Å². The molecule has 0 saturated heterocycles. The molecule has 9 rings (SSSR count). The molecule has 1 aliphatic carbocycles. The van der Waals surface area contributed by atoms with Crippen LogP contribution in [0.4, 0.5) is 17.1 Å². The molecule has 49 heavy (non-hydrogen) atoms. The fourth-order valence-corrected chi connectivity index (χ4v) is 7.83. The third kappa shape index (κ3) is 4.78. The zero-order chi connectivity index (χ0) is 33.3. The summed E-state index contributed by atoms with van der Waals surface area (Å²) >= 11 is 0. The van der Waals surface area contributed by atoms with Gasteiger partial charge in [-0.2, -0.15) is 0 Å². The van der Waals surface area contributed by atoms with Crippen LogP contribution < -0.4 is 9.64 Å². The number of rotatable bonds is 4. The Balaban J connectivity index is 1.17. The first kappa shape index (κ1) is 29.3. The summed E-state index contributed by atoms with van der Waals surface area (Å²) in [6, 6.07) is 54.9. The lowest BCUT2D eigenvalue weighted by molar-refractivity contribution is 0.477. The van der Waals surface area contributed by atoms with Crippen LogP contribution in [0.5, 0.6) is 11.5 Å². The molecule has 1 aliphatic heterocycles. The minimum absolute atomic E-state index is 0.0458. The van der Waals surface area contributed by atoms with E-state index in [0.717, 1.165) is 39.7 Å². The third-order valence-electron chi connectivity index (χ3n) is 10.3. The number of anilines is 3. The summed E-state index contributed by atoms with van der Waals surface area (Å²) in [7, 11) is 0. The van der Waals surface area contributed by atoms with Gasteiger partial charge in [0.15, 0.2) is 11.5 Å². The first-order chi connectivity index (χ1) is 23.8. The van der Waals surface area contributed by atoms with Crippen LogP contribution in [0, 0.1) is 13.8 Å². The highest BCUT2D eigenvalue weighted by Crippen LogP contribution is 2.54. The maximum absolute atomic E-state index is 6.73. The number of ether oxygens (including phenoxy) is 1. The molecule has 0 bridgehead atoms. The second-order valence-electron chi connectivity index (χ2n) is 14.0. The van der Waals surface area contributed by atoms with Crippen LogP contribution in [0.2, 0.25) is 0 Å². The van der Waals surface area contributed by atoms with Gasteiger partial charge >= 0.3 is 0 Å². The van der Waals surface area contributed by atoms with Gasteiger partial charge in [0.25, 0.3) is 0 Å². The van der Waals surface area contributed by atoms with Crippen molar-refractivity contribution in [3.05, 3.63) is 174 Å². The van der Waals surface area contributed by atoms with Gasteiger partial charge in [0.1, 0.15) is 0 Å².